The number of H-pyrrole nitrogens is 2. The maximum Gasteiger partial charge on any atom is 0.310 e. The highest BCUT2D eigenvalue weighted by atomic mass is 16.5. The van der Waals surface area contributed by atoms with Crippen molar-refractivity contribution in [2.24, 2.45) is 67.0 Å². The molecule has 0 aromatic carbocycles. The van der Waals surface area contributed by atoms with Gasteiger partial charge in [-0.05, 0) is 91.9 Å². The number of hydrogen-bond donors (Lipinski definition) is 2. The van der Waals surface area contributed by atoms with Crippen LogP contribution < -0.4 is 0 Å². The average molecular weight is 1040 g/mol. The Hall–Kier alpha value is -5.52. The predicted molar refractivity (Wildman–Crippen MR) is 301 cm³/mol. The monoisotopic (exact) mass is 1040 g/mol. The van der Waals surface area contributed by atoms with E-state index < -0.39 is 45.3 Å². The smallest absolute Gasteiger partial charge is 0.310 e. The van der Waals surface area contributed by atoms with Crippen LogP contribution in [0.2, 0.25) is 0 Å². The molecule has 4 aliphatic carbocycles. The molecular weight excluding hydrogens is 953 g/mol. The van der Waals surface area contributed by atoms with E-state index in [9.17, 15) is 19.2 Å². The van der Waals surface area contributed by atoms with Crippen molar-refractivity contribution in [3.8, 4) is 0 Å². The Labute approximate surface area is 451 Å². The first-order valence-electron chi connectivity index (χ1n) is 27.7. The zero-order valence-corrected chi connectivity index (χ0v) is 49.2. The van der Waals surface area contributed by atoms with E-state index in [1.54, 1.807) is 0 Å². The molecule has 9 rings (SSSR count). The molecule has 3 aromatic heterocycles. The molecule has 3 aromatic rings. The summed E-state index contributed by atoms with van der Waals surface area (Å²) in [7, 11) is 0. The molecule has 2 N–H and O–H groups in total. The molecule has 4 fully saturated rings. The first-order chi connectivity index (χ1) is 34.9. The summed E-state index contributed by atoms with van der Waals surface area (Å²) in [6.45, 7) is 42.8. The number of hydrogen-bond acceptors (Lipinski definition) is 10. The lowest BCUT2D eigenvalue weighted by atomic mass is 9.98. The van der Waals surface area contributed by atoms with Crippen molar-refractivity contribution in [2.45, 2.75) is 162 Å². The second-order valence-electron chi connectivity index (χ2n) is 30.4. The summed E-state index contributed by atoms with van der Waals surface area (Å²) >= 11 is 0. The van der Waals surface area contributed by atoms with E-state index in [0.717, 1.165) is 44.3 Å². The molecule has 0 amide bonds. The van der Waals surface area contributed by atoms with Gasteiger partial charge in [0.1, 0.15) is 0 Å². The van der Waals surface area contributed by atoms with Crippen molar-refractivity contribution < 1.29 is 38.1 Å². The summed E-state index contributed by atoms with van der Waals surface area (Å²) in [6.07, 6.45) is 8.12. The SMILES string of the molecule is CC(C)(C)COC(=O)[C@@H]1[C@H](c2c3nc(c([C@H]4[C@@H](C(=O)OCC(C)(C)C)C4(C)C)c4ccc([nH]4)c([C@H]4[C@@H](C(=O)OCC(C)(C)C)C4(C)C)c4ccc([nH]4)c([C@H]4[C@@H](C(=O)OCC(C)(C)C)C4(C)C)c4nc2C=C4)C=C3)C1(C)C. The first-order valence-corrected chi connectivity index (χ1v) is 27.7. The topological polar surface area (TPSA) is 163 Å². The van der Waals surface area contributed by atoms with Gasteiger partial charge < -0.3 is 28.9 Å². The van der Waals surface area contributed by atoms with Gasteiger partial charge >= 0.3 is 23.9 Å². The largest absolute Gasteiger partial charge is 0.465 e. The van der Waals surface area contributed by atoms with Crippen molar-refractivity contribution in [2.75, 3.05) is 26.4 Å². The summed E-state index contributed by atoms with van der Waals surface area (Å²) in [6, 6.07) is 8.32. The Morgan fingerprint density at radius 1 is 0.382 bits per heavy atom. The van der Waals surface area contributed by atoms with Crippen LogP contribution in [0.25, 0.3) is 46.4 Å². The van der Waals surface area contributed by atoms with Crippen LogP contribution in [0.4, 0.5) is 0 Å². The molecule has 8 bridgehead atoms. The minimum atomic E-state index is -0.494. The van der Waals surface area contributed by atoms with E-state index >= 15 is 0 Å². The van der Waals surface area contributed by atoms with Gasteiger partial charge in [0.15, 0.2) is 0 Å². The van der Waals surface area contributed by atoms with Crippen molar-refractivity contribution in [1.82, 2.24) is 19.9 Å². The van der Waals surface area contributed by atoms with E-state index in [1.165, 1.54) is 0 Å². The number of carbonyl (C=O) groups excluding carboxylic acids is 4. The fourth-order valence-electron chi connectivity index (χ4n) is 12.6. The second-order valence-corrected chi connectivity index (χ2v) is 30.4. The van der Waals surface area contributed by atoms with Crippen LogP contribution in [0.15, 0.2) is 24.3 Å². The zero-order chi connectivity index (χ0) is 56.0. The summed E-state index contributed by atoms with van der Waals surface area (Å²) in [5.41, 5.74) is 6.82. The van der Waals surface area contributed by atoms with Crippen LogP contribution >= 0.6 is 0 Å². The lowest BCUT2D eigenvalue weighted by Crippen LogP contribution is -2.20. The number of rotatable bonds is 12. The Kier molecular flexibility index (Phi) is 13.1. The molecule has 6 aliphatic rings. The third kappa shape index (κ3) is 10.2. The van der Waals surface area contributed by atoms with Crippen LogP contribution in [-0.4, -0.2) is 70.2 Å². The van der Waals surface area contributed by atoms with Gasteiger partial charge in [-0.25, -0.2) is 9.97 Å². The zero-order valence-electron chi connectivity index (χ0n) is 49.2. The molecule has 8 atom stereocenters. The number of aromatic amines is 2. The molecule has 0 spiro atoms. The highest BCUT2D eigenvalue weighted by molar-refractivity contribution is 5.91. The first kappa shape index (κ1) is 55.2. The maximum atomic E-state index is 14.2. The molecule has 0 saturated heterocycles. The minimum Gasteiger partial charge on any atom is -0.465 e. The summed E-state index contributed by atoms with van der Waals surface area (Å²) in [5, 5.41) is 0. The lowest BCUT2D eigenvalue weighted by Gasteiger charge is -2.18. The summed E-state index contributed by atoms with van der Waals surface area (Å²) in [4.78, 5) is 75.8. The van der Waals surface area contributed by atoms with Crippen LogP contribution in [0.1, 0.15) is 207 Å². The van der Waals surface area contributed by atoms with Gasteiger partial charge in [-0.1, -0.05) is 138 Å². The Morgan fingerprint density at radius 3 is 0.842 bits per heavy atom. The molecular formula is C64H86N4O8. The third-order valence-electron chi connectivity index (χ3n) is 17.1. The van der Waals surface area contributed by atoms with E-state index in [2.05, 4.69) is 173 Å². The van der Waals surface area contributed by atoms with E-state index in [1.807, 2.05) is 24.3 Å². The van der Waals surface area contributed by atoms with Crippen molar-refractivity contribution in [3.63, 3.8) is 0 Å². The van der Waals surface area contributed by atoms with Crippen LogP contribution in [0, 0.1) is 67.0 Å². The van der Waals surface area contributed by atoms with E-state index in [-0.39, 0.29) is 75.8 Å². The minimum absolute atomic E-state index is 0.210. The Balaban J connectivity index is 1.33. The van der Waals surface area contributed by atoms with Gasteiger partial charge in [0.2, 0.25) is 0 Å². The Bertz CT molecular complexity index is 2980. The quantitative estimate of drug-likeness (QED) is 0.0908. The van der Waals surface area contributed by atoms with Crippen LogP contribution in [-0.2, 0) is 38.1 Å². The van der Waals surface area contributed by atoms with Gasteiger partial charge in [0.05, 0.1) is 72.9 Å². The summed E-state index contributed by atoms with van der Waals surface area (Å²) < 4.78 is 24.3. The van der Waals surface area contributed by atoms with Gasteiger partial charge in [-0.3, -0.25) is 19.2 Å². The number of esters is 4. The van der Waals surface area contributed by atoms with E-state index in [0.29, 0.717) is 42.6 Å². The highest BCUT2D eigenvalue weighted by Crippen LogP contribution is 2.70. The predicted octanol–water partition coefficient (Wildman–Crippen LogP) is 14.0. The van der Waals surface area contributed by atoms with Gasteiger partial charge in [0.25, 0.3) is 0 Å². The molecule has 5 heterocycles. The number of carbonyl (C=O) groups is 4. The molecule has 4 saturated carbocycles. The molecule has 0 unspecified atom stereocenters. The third-order valence-corrected chi connectivity index (χ3v) is 17.1. The number of aromatic nitrogens is 4. The van der Waals surface area contributed by atoms with Crippen molar-refractivity contribution in [1.29, 1.82) is 0 Å². The fourth-order valence-corrected chi connectivity index (χ4v) is 12.6. The average Bonchev–Trinajstić information content (AvgIpc) is 3.91. The molecule has 0 radical (unpaired) electrons. The van der Waals surface area contributed by atoms with Crippen molar-refractivity contribution >= 4 is 70.2 Å². The highest BCUT2D eigenvalue weighted by Gasteiger charge is 2.68. The fraction of sp³-hybridized carbons (Fsp3) is 0.625. The number of fused-ring (bicyclic) bond motifs is 8. The molecule has 76 heavy (non-hydrogen) atoms. The number of nitrogens with one attached hydrogen (secondary N) is 2. The molecule has 410 valence electrons. The molecule has 12 heteroatoms. The lowest BCUT2D eigenvalue weighted by molar-refractivity contribution is -0.149. The van der Waals surface area contributed by atoms with Gasteiger partial charge in [-0.15, -0.1) is 0 Å². The van der Waals surface area contributed by atoms with Crippen LogP contribution in [0.5, 0.6) is 0 Å². The Morgan fingerprint density at radius 2 is 0.592 bits per heavy atom. The number of nitrogens with zero attached hydrogens (tertiary/aromatic N) is 2. The van der Waals surface area contributed by atoms with Crippen LogP contribution in [0.3, 0.4) is 0 Å². The number of ether oxygens (including phenoxy) is 4. The molecule has 2 aliphatic heterocycles. The van der Waals surface area contributed by atoms with Gasteiger partial charge in [-0.2, -0.15) is 0 Å². The van der Waals surface area contributed by atoms with Gasteiger partial charge in [0, 0.05) is 68.0 Å². The second kappa shape index (κ2) is 18.0. The maximum absolute atomic E-state index is 14.2. The summed E-state index contributed by atoms with van der Waals surface area (Å²) in [5.74, 6) is -3.78. The molecule has 12 nitrogen and oxygen atoms in total. The van der Waals surface area contributed by atoms with E-state index in [4.69, 9.17) is 28.9 Å². The van der Waals surface area contributed by atoms with Crippen molar-refractivity contribution in [3.05, 3.63) is 69.3 Å². The normalized spacial score (nSPS) is 26.4. The standard InChI is InChI=1S/C64H86N4O8/c1-57(2,3)29-73-53(69)49-45(61(49,13)14)41-33-21-23-35(65-33)42(46-50(62(46,15)16)54(70)74-30-58(4,5)6)37-25-27-39(67-37)44(48-52(64(48,19)20)56(72)76-32-60(10,11)12)40-28-26-38(68-40)43(36-24-22-34(41)66-36)47-51(63(47,17)18)55(71)75-31-59(7,8)9/h21-28,45-52,65-66H,29-32H2,1-20H3/t45-,46-,47-,48-,49-,50-,51-,52-/m0/s1.